The van der Waals surface area contributed by atoms with Crippen molar-refractivity contribution < 1.29 is 4.79 Å². The van der Waals surface area contributed by atoms with Crippen molar-refractivity contribution in [2.45, 2.75) is 67.0 Å². The first kappa shape index (κ1) is 29.1. The van der Waals surface area contributed by atoms with Crippen molar-refractivity contribution in [2.24, 2.45) is 15.4 Å². The van der Waals surface area contributed by atoms with Gasteiger partial charge in [-0.25, -0.2) is 9.98 Å². The van der Waals surface area contributed by atoms with Crippen LogP contribution in [0.15, 0.2) is 99.8 Å². The van der Waals surface area contributed by atoms with Gasteiger partial charge < -0.3 is 10.3 Å². The molecule has 4 aliphatic heterocycles. The summed E-state index contributed by atoms with van der Waals surface area (Å²) in [5.41, 5.74) is 12.9. The number of benzene rings is 2. The molecule has 5 heteroatoms. The molecule has 0 amide bonds. The van der Waals surface area contributed by atoms with Crippen LogP contribution >= 0.6 is 0 Å². The van der Waals surface area contributed by atoms with Crippen LogP contribution in [0.4, 0.5) is 0 Å². The number of carbonyl (C=O) groups is 1. The maximum atomic E-state index is 13.1. The summed E-state index contributed by atoms with van der Waals surface area (Å²) in [6.07, 6.45) is 11.6. The van der Waals surface area contributed by atoms with Crippen LogP contribution in [0.5, 0.6) is 0 Å². The van der Waals surface area contributed by atoms with E-state index < -0.39 is 0 Å². The number of aryl methyl sites for hydroxylation is 4. The lowest BCUT2D eigenvalue weighted by Gasteiger charge is -2.23. The first-order valence-electron chi connectivity index (χ1n) is 15.8. The Hall–Kier alpha value is -4.61. The average Bonchev–Trinajstić information content (AvgIpc) is 3.75. The SMILES string of the molecule is CC(=O)C1=CC2=N/C1=C\C1CC(C)(C)C(/C=c3/ccc([nH]3)=C(c3ccc(C)cc3)C3=NC(=C2c2c(C)cc(C)cc2C)C=C3)N1. The van der Waals surface area contributed by atoms with Gasteiger partial charge in [0.05, 0.1) is 22.8 Å². The van der Waals surface area contributed by atoms with E-state index in [-0.39, 0.29) is 23.3 Å². The monoisotopic (exact) mass is 592 g/mol. The van der Waals surface area contributed by atoms with E-state index in [1.165, 1.54) is 11.1 Å². The highest BCUT2D eigenvalue weighted by atomic mass is 16.1. The number of carbonyl (C=O) groups excluding carboxylic acids is 1. The Morgan fingerprint density at radius 2 is 1.58 bits per heavy atom. The van der Waals surface area contributed by atoms with Crippen LogP contribution in [-0.2, 0) is 4.79 Å². The van der Waals surface area contributed by atoms with Gasteiger partial charge in [-0.2, -0.15) is 0 Å². The lowest BCUT2D eigenvalue weighted by atomic mass is 9.83. The van der Waals surface area contributed by atoms with E-state index >= 15 is 0 Å². The van der Waals surface area contributed by atoms with Crippen molar-refractivity contribution >= 4 is 34.4 Å². The van der Waals surface area contributed by atoms with Gasteiger partial charge in [0, 0.05) is 39.5 Å². The fourth-order valence-electron chi connectivity index (χ4n) is 7.35. The highest BCUT2D eigenvalue weighted by Crippen LogP contribution is 2.39. The summed E-state index contributed by atoms with van der Waals surface area (Å²) in [6, 6.07) is 17.6. The van der Waals surface area contributed by atoms with Crippen LogP contribution in [0, 0.1) is 33.1 Å². The molecule has 5 heterocycles. The van der Waals surface area contributed by atoms with Gasteiger partial charge in [-0.3, -0.25) is 4.79 Å². The number of H-pyrrole nitrogens is 1. The Morgan fingerprint density at radius 1 is 0.844 bits per heavy atom. The minimum atomic E-state index is 0.00482. The third-order valence-electron chi connectivity index (χ3n) is 9.52. The van der Waals surface area contributed by atoms with E-state index in [4.69, 9.17) is 9.98 Å². The van der Waals surface area contributed by atoms with E-state index in [1.807, 2.05) is 6.08 Å². The number of ketones is 1. The molecule has 5 nitrogen and oxygen atoms in total. The second-order valence-corrected chi connectivity index (χ2v) is 13.7. The summed E-state index contributed by atoms with van der Waals surface area (Å²) in [6.45, 7) is 14.8. The molecule has 45 heavy (non-hydrogen) atoms. The Bertz CT molecular complexity index is 2070. The largest absolute Gasteiger partial charge is 0.355 e. The molecule has 0 saturated carbocycles. The van der Waals surface area contributed by atoms with E-state index in [9.17, 15) is 4.79 Å². The van der Waals surface area contributed by atoms with Gasteiger partial charge in [0.15, 0.2) is 5.78 Å². The molecule has 0 radical (unpaired) electrons. The van der Waals surface area contributed by atoms with Gasteiger partial charge in [0.1, 0.15) is 0 Å². The maximum Gasteiger partial charge on any atom is 0.162 e. The number of nitrogens with zero attached hydrogens (tertiary/aromatic N) is 2. The first-order chi connectivity index (χ1) is 21.5. The van der Waals surface area contributed by atoms with Crippen molar-refractivity contribution in [3.05, 3.63) is 134 Å². The molecule has 2 aromatic carbocycles. The lowest BCUT2D eigenvalue weighted by Crippen LogP contribution is -2.34. The number of aromatic nitrogens is 1. The van der Waals surface area contributed by atoms with E-state index in [0.717, 1.165) is 73.3 Å². The van der Waals surface area contributed by atoms with Crippen molar-refractivity contribution in [1.82, 2.24) is 10.3 Å². The zero-order chi connectivity index (χ0) is 31.6. The summed E-state index contributed by atoms with van der Waals surface area (Å²) in [5, 5.41) is 5.93. The van der Waals surface area contributed by atoms with Gasteiger partial charge in [0.2, 0.25) is 0 Å². The molecule has 0 spiro atoms. The summed E-state index contributed by atoms with van der Waals surface area (Å²) in [4.78, 5) is 27.3. The van der Waals surface area contributed by atoms with Crippen LogP contribution in [0.2, 0.25) is 0 Å². The summed E-state index contributed by atoms with van der Waals surface area (Å²) < 4.78 is 0. The quantitative estimate of drug-likeness (QED) is 0.376. The van der Waals surface area contributed by atoms with Crippen LogP contribution in [0.25, 0.3) is 17.2 Å². The topological polar surface area (TPSA) is 69.6 Å². The molecule has 1 fully saturated rings. The molecule has 4 aliphatic rings. The van der Waals surface area contributed by atoms with Crippen molar-refractivity contribution in [2.75, 3.05) is 0 Å². The highest BCUT2D eigenvalue weighted by molar-refractivity contribution is 6.36. The number of aliphatic imine (C=N–C) groups is 2. The molecular weight excluding hydrogens is 552 g/mol. The molecule has 7 rings (SSSR count). The van der Waals surface area contributed by atoms with E-state index in [2.05, 4.69) is 125 Å². The van der Waals surface area contributed by atoms with E-state index in [0.29, 0.717) is 5.57 Å². The summed E-state index contributed by atoms with van der Waals surface area (Å²) in [5.74, 6) is 0.0136. The number of rotatable bonds is 3. The fourth-order valence-corrected chi connectivity index (χ4v) is 7.35. The average molecular weight is 593 g/mol. The number of fused-ring (bicyclic) bond motifs is 6. The second-order valence-electron chi connectivity index (χ2n) is 13.7. The van der Waals surface area contributed by atoms with Crippen molar-refractivity contribution in [3.8, 4) is 0 Å². The van der Waals surface area contributed by atoms with Gasteiger partial charge >= 0.3 is 0 Å². The fraction of sp³-hybridized carbons (Fsp3) is 0.275. The minimum Gasteiger partial charge on any atom is -0.355 e. The number of Topliss-reactive ketones (excluding diaryl/α,β-unsaturated/α-hetero) is 1. The zero-order valence-electron chi connectivity index (χ0n) is 27.2. The zero-order valence-corrected chi connectivity index (χ0v) is 27.2. The van der Waals surface area contributed by atoms with Gasteiger partial charge in [-0.1, -0.05) is 61.4 Å². The van der Waals surface area contributed by atoms with Gasteiger partial charge in [-0.15, -0.1) is 0 Å². The molecule has 2 N–H and O–H groups in total. The summed E-state index contributed by atoms with van der Waals surface area (Å²) in [7, 11) is 0. The smallest absolute Gasteiger partial charge is 0.162 e. The Labute approximate surface area is 265 Å². The molecule has 2 atom stereocenters. The number of aromatic amines is 1. The molecule has 226 valence electrons. The van der Waals surface area contributed by atoms with Crippen LogP contribution < -0.4 is 16.0 Å². The van der Waals surface area contributed by atoms with Gasteiger partial charge in [-0.05, 0) is 111 Å². The molecule has 1 aromatic heterocycles. The first-order valence-corrected chi connectivity index (χ1v) is 15.8. The third kappa shape index (κ3) is 5.25. The number of allylic oxidation sites excluding steroid dienone is 5. The van der Waals surface area contributed by atoms with Gasteiger partial charge in [0.25, 0.3) is 0 Å². The van der Waals surface area contributed by atoms with Crippen LogP contribution in [0.3, 0.4) is 0 Å². The maximum absolute atomic E-state index is 13.1. The molecule has 8 bridgehead atoms. The lowest BCUT2D eigenvalue weighted by molar-refractivity contribution is -0.113. The highest BCUT2D eigenvalue weighted by Gasteiger charge is 2.39. The van der Waals surface area contributed by atoms with Crippen molar-refractivity contribution in [1.29, 1.82) is 0 Å². The number of hydrogen-bond acceptors (Lipinski definition) is 4. The third-order valence-corrected chi connectivity index (χ3v) is 9.52. The van der Waals surface area contributed by atoms with E-state index in [1.54, 1.807) is 6.92 Å². The number of hydrogen-bond donors (Lipinski definition) is 2. The molecule has 3 aromatic rings. The Balaban J connectivity index is 1.57. The Morgan fingerprint density at radius 3 is 2.29 bits per heavy atom. The molecule has 2 unspecified atom stereocenters. The molecular formula is C40H40N4O. The van der Waals surface area contributed by atoms with Crippen LogP contribution in [0.1, 0.15) is 60.6 Å². The number of nitrogens with one attached hydrogen (secondary N) is 2. The molecule has 0 aliphatic carbocycles. The normalized spacial score (nSPS) is 23.7. The van der Waals surface area contributed by atoms with Crippen molar-refractivity contribution in [3.63, 3.8) is 0 Å². The Kier molecular flexibility index (Phi) is 6.97. The van der Waals surface area contributed by atoms with Crippen LogP contribution in [-0.4, -0.2) is 34.3 Å². The standard InChI is InChI=1S/C40H40N4O/c1-22-8-10-27(11-9-22)38-31-13-12-28(41-31)19-36-40(6,7)21-29(42-36)18-34-30(26(5)45)20-35(44-34)39(33-15-14-32(38)43-33)37-24(3)16-23(2)17-25(37)4/h8-20,29,36,41-42H,21H2,1-7H3/b28-19-,34-18-,38-31?,39-33?. The molecule has 1 saturated heterocycles. The minimum absolute atomic E-state index is 0.00482. The second kappa shape index (κ2) is 10.8. The predicted molar refractivity (Wildman–Crippen MR) is 186 cm³/mol. The predicted octanol–water partition coefficient (Wildman–Crippen LogP) is 6.27. The summed E-state index contributed by atoms with van der Waals surface area (Å²) >= 11 is 0.